The van der Waals surface area contributed by atoms with E-state index in [4.69, 9.17) is 4.74 Å². The molecule has 4 nitrogen and oxygen atoms in total. The van der Waals surface area contributed by atoms with Crippen LogP contribution in [-0.2, 0) is 19.1 Å². The number of allylic oxidation sites excluding steroid dienone is 3. The Kier molecular flexibility index (Phi) is 4.10. The number of ketones is 1. The van der Waals surface area contributed by atoms with Crippen molar-refractivity contribution in [3.8, 4) is 0 Å². The van der Waals surface area contributed by atoms with Gasteiger partial charge in [0.15, 0.2) is 5.78 Å². The molecule has 2 aliphatic carbocycles. The Bertz CT molecular complexity index is 680. The summed E-state index contributed by atoms with van der Waals surface area (Å²) in [6.07, 6.45) is 10.7. The van der Waals surface area contributed by atoms with Crippen LogP contribution in [0.25, 0.3) is 0 Å². The highest BCUT2D eigenvalue weighted by molar-refractivity contribution is 6.00. The molecule has 1 saturated carbocycles. The molecule has 4 heteroatoms. The SMILES string of the molecule is CC1(C)CCC[C@@]2(C)C1C(=O)C=C(C=O)[C@@H]2/C=C/C1=CCOC1=O. The number of cyclic esters (lactones) is 1. The molecule has 0 aromatic carbocycles. The second-order valence-corrected chi connectivity index (χ2v) is 8.04. The van der Waals surface area contributed by atoms with Crippen molar-refractivity contribution in [3.05, 3.63) is 35.5 Å². The van der Waals surface area contributed by atoms with E-state index in [0.29, 0.717) is 17.8 Å². The van der Waals surface area contributed by atoms with Crippen LogP contribution in [0.4, 0.5) is 0 Å². The van der Waals surface area contributed by atoms with Gasteiger partial charge >= 0.3 is 5.97 Å². The minimum atomic E-state index is -0.333. The highest BCUT2D eigenvalue weighted by Crippen LogP contribution is 2.58. The Balaban J connectivity index is 2.03. The van der Waals surface area contributed by atoms with Crippen LogP contribution in [0.3, 0.4) is 0 Å². The van der Waals surface area contributed by atoms with Crippen LogP contribution in [0.1, 0.15) is 40.0 Å². The lowest BCUT2D eigenvalue weighted by Crippen LogP contribution is -2.52. The van der Waals surface area contributed by atoms with E-state index in [1.165, 1.54) is 6.08 Å². The lowest BCUT2D eigenvalue weighted by Gasteiger charge is -2.54. The van der Waals surface area contributed by atoms with Crippen LogP contribution in [0.5, 0.6) is 0 Å². The summed E-state index contributed by atoms with van der Waals surface area (Å²) in [5, 5.41) is 0. The molecule has 0 aromatic rings. The molecule has 1 aliphatic heterocycles. The maximum Gasteiger partial charge on any atom is 0.338 e. The van der Waals surface area contributed by atoms with Crippen molar-refractivity contribution >= 4 is 18.0 Å². The van der Waals surface area contributed by atoms with E-state index in [9.17, 15) is 14.4 Å². The van der Waals surface area contributed by atoms with Gasteiger partial charge in [0.1, 0.15) is 12.9 Å². The molecule has 0 aromatic heterocycles. The fourth-order valence-corrected chi connectivity index (χ4v) is 5.02. The summed E-state index contributed by atoms with van der Waals surface area (Å²) in [5.41, 5.74) is 0.641. The lowest BCUT2D eigenvalue weighted by atomic mass is 9.48. The predicted octanol–water partition coefficient (Wildman–Crippen LogP) is 3.18. The van der Waals surface area contributed by atoms with Crippen LogP contribution >= 0.6 is 0 Å². The van der Waals surface area contributed by atoms with Gasteiger partial charge in [0.25, 0.3) is 0 Å². The van der Waals surface area contributed by atoms with E-state index in [2.05, 4.69) is 20.8 Å². The third-order valence-electron chi connectivity index (χ3n) is 6.00. The van der Waals surface area contributed by atoms with Crippen LogP contribution in [0.15, 0.2) is 35.5 Å². The minimum Gasteiger partial charge on any atom is -0.458 e. The van der Waals surface area contributed by atoms with Crippen LogP contribution in [0, 0.1) is 22.7 Å². The molecule has 0 amide bonds. The van der Waals surface area contributed by atoms with Gasteiger partial charge in [-0.3, -0.25) is 9.59 Å². The van der Waals surface area contributed by atoms with Gasteiger partial charge in [-0.05, 0) is 35.8 Å². The third-order valence-corrected chi connectivity index (χ3v) is 6.00. The number of aldehydes is 1. The molecule has 128 valence electrons. The highest BCUT2D eigenvalue weighted by atomic mass is 16.5. The van der Waals surface area contributed by atoms with Crippen molar-refractivity contribution in [1.29, 1.82) is 0 Å². The van der Waals surface area contributed by atoms with Crippen molar-refractivity contribution < 1.29 is 19.1 Å². The summed E-state index contributed by atoms with van der Waals surface area (Å²) in [7, 11) is 0. The summed E-state index contributed by atoms with van der Waals surface area (Å²) in [4.78, 5) is 36.0. The number of rotatable bonds is 3. The molecule has 3 aliphatic rings. The minimum absolute atomic E-state index is 0.0634. The van der Waals surface area contributed by atoms with Gasteiger partial charge in [0, 0.05) is 17.4 Å². The molecule has 3 rings (SSSR count). The maximum atomic E-state index is 12.7. The highest BCUT2D eigenvalue weighted by Gasteiger charge is 2.55. The standard InChI is InChI=1S/C20H24O4/c1-19(2)8-4-9-20(3)15(6-5-13-7-10-24-18(13)23)14(12-21)11-16(22)17(19)20/h5-7,11-12,15,17H,4,8-10H2,1-3H3/b6-5+/t15-,17?,20+/m0/s1. The number of carbonyl (C=O) groups is 3. The second kappa shape index (κ2) is 5.83. The number of hydrogen-bond acceptors (Lipinski definition) is 4. The average Bonchev–Trinajstić information content (AvgIpc) is 2.89. The molecular weight excluding hydrogens is 304 g/mol. The number of carbonyl (C=O) groups excluding carboxylic acids is 3. The number of hydrogen-bond donors (Lipinski definition) is 0. The third kappa shape index (κ3) is 2.58. The monoisotopic (exact) mass is 328 g/mol. The predicted molar refractivity (Wildman–Crippen MR) is 90.1 cm³/mol. The zero-order valence-corrected chi connectivity index (χ0v) is 14.5. The van der Waals surface area contributed by atoms with E-state index >= 15 is 0 Å². The van der Waals surface area contributed by atoms with Crippen molar-refractivity contribution in [3.63, 3.8) is 0 Å². The van der Waals surface area contributed by atoms with E-state index in [1.54, 1.807) is 12.2 Å². The Hall–Kier alpha value is -1.97. The van der Waals surface area contributed by atoms with Gasteiger partial charge < -0.3 is 4.74 Å². The summed E-state index contributed by atoms with van der Waals surface area (Å²) < 4.78 is 4.92. The maximum absolute atomic E-state index is 12.7. The second-order valence-electron chi connectivity index (χ2n) is 8.04. The molecule has 0 bridgehead atoms. The van der Waals surface area contributed by atoms with Gasteiger partial charge in [-0.1, -0.05) is 39.3 Å². The van der Waals surface area contributed by atoms with Crippen molar-refractivity contribution in [2.24, 2.45) is 22.7 Å². The van der Waals surface area contributed by atoms with Gasteiger partial charge in [-0.15, -0.1) is 0 Å². The van der Waals surface area contributed by atoms with Crippen LogP contribution in [-0.4, -0.2) is 24.6 Å². The van der Waals surface area contributed by atoms with Gasteiger partial charge in [0.05, 0.1) is 5.57 Å². The summed E-state index contributed by atoms with van der Waals surface area (Å²) in [6.45, 7) is 6.70. The van der Waals surface area contributed by atoms with Gasteiger partial charge in [-0.25, -0.2) is 4.79 Å². The first-order chi connectivity index (χ1) is 11.3. The average molecular weight is 328 g/mol. The number of fused-ring (bicyclic) bond motifs is 1. The van der Waals surface area contributed by atoms with E-state index in [0.717, 1.165) is 25.5 Å². The Labute approximate surface area is 142 Å². The van der Waals surface area contributed by atoms with Crippen LogP contribution in [0.2, 0.25) is 0 Å². The summed E-state index contributed by atoms with van der Waals surface area (Å²) in [5.74, 6) is -0.540. The van der Waals surface area contributed by atoms with E-state index in [1.807, 2.05) is 6.08 Å². The zero-order valence-electron chi connectivity index (χ0n) is 14.5. The first kappa shape index (κ1) is 16.9. The van der Waals surface area contributed by atoms with Gasteiger partial charge in [0.2, 0.25) is 0 Å². The molecule has 0 N–H and O–H groups in total. The molecule has 24 heavy (non-hydrogen) atoms. The largest absolute Gasteiger partial charge is 0.458 e. The molecule has 1 unspecified atom stereocenters. The topological polar surface area (TPSA) is 60.4 Å². The molecule has 3 atom stereocenters. The Morgan fingerprint density at radius 2 is 1.96 bits per heavy atom. The molecule has 0 saturated heterocycles. The van der Waals surface area contributed by atoms with Crippen molar-refractivity contribution in [2.75, 3.05) is 6.61 Å². The Morgan fingerprint density at radius 1 is 1.21 bits per heavy atom. The van der Waals surface area contributed by atoms with E-state index in [-0.39, 0.29) is 34.4 Å². The van der Waals surface area contributed by atoms with Gasteiger partial charge in [-0.2, -0.15) is 0 Å². The molecule has 1 heterocycles. The first-order valence-corrected chi connectivity index (χ1v) is 8.56. The van der Waals surface area contributed by atoms with Crippen molar-refractivity contribution in [1.82, 2.24) is 0 Å². The van der Waals surface area contributed by atoms with Crippen LogP contribution < -0.4 is 0 Å². The fraction of sp³-hybridized carbons (Fsp3) is 0.550. The molecule has 0 radical (unpaired) electrons. The molecular formula is C20H24O4. The normalized spacial score (nSPS) is 35.3. The number of esters is 1. The quantitative estimate of drug-likeness (QED) is 0.590. The lowest BCUT2D eigenvalue weighted by molar-refractivity contribution is -0.136. The molecule has 0 spiro atoms. The number of ether oxygens (including phenoxy) is 1. The first-order valence-electron chi connectivity index (χ1n) is 8.56. The smallest absolute Gasteiger partial charge is 0.338 e. The Morgan fingerprint density at radius 3 is 2.58 bits per heavy atom. The fourth-order valence-electron chi connectivity index (χ4n) is 5.02. The summed E-state index contributed by atoms with van der Waals surface area (Å²) >= 11 is 0. The zero-order chi connectivity index (χ0) is 17.5. The summed E-state index contributed by atoms with van der Waals surface area (Å²) in [6, 6.07) is 0. The molecule has 1 fully saturated rings. The van der Waals surface area contributed by atoms with E-state index < -0.39 is 0 Å². The van der Waals surface area contributed by atoms with Crippen molar-refractivity contribution in [2.45, 2.75) is 40.0 Å².